The fourth-order valence-corrected chi connectivity index (χ4v) is 4.45. The Morgan fingerprint density at radius 1 is 1.25 bits per heavy atom. The number of carbonyl (C=O) groups is 1. The summed E-state index contributed by atoms with van der Waals surface area (Å²) in [7, 11) is 0. The molecule has 20 heavy (non-hydrogen) atoms. The molecule has 1 aliphatic heterocycles. The van der Waals surface area contributed by atoms with Crippen LogP contribution in [0, 0.1) is 0 Å². The predicted octanol–water partition coefficient (Wildman–Crippen LogP) is 4.47. The molecule has 1 saturated carbocycles. The molecule has 2 aliphatic rings. The molecule has 3 rings (SSSR count). The summed E-state index contributed by atoms with van der Waals surface area (Å²) in [6.07, 6.45) is 10.3. The van der Waals surface area contributed by atoms with Crippen LogP contribution in [-0.4, -0.2) is 23.7 Å². The normalized spacial score (nSPS) is 24.9. The molecule has 1 spiro atoms. The maximum atomic E-state index is 10.8. The second-order valence-corrected chi connectivity index (χ2v) is 7.12. The Kier molecular flexibility index (Phi) is 4.47. The van der Waals surface area contributed by atoms with E-state index < -0.39 is 0 Å². The van der Waals surface area contributed by atoms with Gasteiger partial charge in [0.2, 0.25) is 0 Å². The lowest BCUT2D eigenvalue weighted by Gasteiger charge is -2.33. The summed E-state index contributed by atoms with van der Waals surface area (Å²) < 4.78 is 6.38. The van der Waals surface area contributed by atoms with E-state index in [-0.39, 0.29) is 5.60 Å². The average Bonchev–Trinajstić information content (AvgIpc) is 2.89. The summed E-state index contributed by atoms with van der Waals surface area (Å²) in [4.78, 5) is 12.0. The Bertz CT molecular complexity index is 466. The van der Waals surface area contributed by atoms with Gasteiger partial charge in [-0.05, 0) is 37.8 Å². The number of benzene rings is 1. The quantitative estimate of drug-likeness (QED) is 0.604. The van der Waals surface area contributed by atoms with Crippen LogP contribution >= 0.6 is 11.8 Å². The highest BCUT2D eigenvalue weighted by Gasteiger charge is 2.40. The van der Waals surface area contributed by atoms with E-state index in [4.69, 9.17) is 4.74 Å². The fraction of sp³-hybridized carbons (Fsp3) is 0.588. The third-order valence-corrected chi connectivity index (χ3v) is 5.66. The van der Waals surface area contributed by atoms with Crippen LogP contribution in [0.15, 0.2) is 29.2 Å². The molecule has 0 radical (unpaired) electrons. The number of carbonyl (C=O) groups excluding carboxylic acids is 1. The van der Waals surface area contributed by atoms with Gasteiger partial charge in [0.1, 0.15) is 6.29 Å². The molecule has 2 fully saturated rings. The van der Waals surface area contributed by atoms with Crippen molar-refractivity contribution in [2.75, 3.05) is 5.75 Å². The van der Waals surface area contributed by atoms with Crippen molar-refractivity contribution < 1.29 is 9.53 Å². The Hall–Kier alpha value is -0.800. The van der Waals surface area contributed by atoms with Crippen LogP contribution in [0.3, 0.4) is 0 Å². The molecule has 0 N–H and O–H groups in total. The molecule has 3 heteroatoms. The van der Waals surface area contributed by atoms with Crippen molar-refractivity contribution >= 4 is 18.0 Å². The number of thioether (sulfide) groups is 1. The standard InChI is InChI=1S/C17H22O2S/c18-12-14-5-4-6-16(11-14)20-13-15-7-10-17(19-15)8-2-1-3-9-17/h4-6,11-12,15H,1-3,7-10,13H2. The minimum Gasteiger partial charge on any atom is -0.371 e. The average molecular weight is 290 g/mol. The zero-order chi connectivity index (χ0) is 13.8. The van der Waals surface area contributed by atoms with Gasteiger partial charge in [0.15, 0.2) is 0 Å². The van der Waals surface area contributed by atoms with E-state index >= 15 is 0 Å². The SMILES string of the molecule is O=Cc1cccc(SCC2CCC3(CCCCC3)O2)c1. The van der Waals surface area contributed by atoms with Crippen molar-refractivity contribution in [3.63, 3.8) is 0 Å². The van der Waals surface area contributed by atoms with E-state index in [1.165, 1.54) is 49.8 Å². The van der Waals surface area contributed by atoms with Crippen LogP contribution in [0.5, 0.6) is 0 Å². The minimum atomic E-state index is 0.216. The van der Waals surface area contributed by atoms with E-state index in [0.717, 1.165) is 17.6 Å². The zero-order valence-corrected chi connectivity index (χ0v) is 12.7. The first-order chi connectivity index (χ1) is 9.80. The Balaban J connectivity index is 1.53. The van der Waals surface area contributed by atoms with E-state index in [0.29, 0.717) is 6.10 Å². The van der Waals surface area contributed by atoms with E-state index in [1.54, 1.807) is 0 Å². The highest BCUT2D eigenvalue weighted by molar-refractivity contribution is 7.99. The summed E-state index contributed by atoms with van der Waals surface area (Å²) in [5, 5.41) is 0. The molecule has 1 atom stereocenters. The zero-order valence-electron chi connectivity index (χ0n) is 11.8. The van der Waals surface area contributed by atoms with Crippen molar-refractivity contribution in [1.82, 2.24) is 0 Å². The van der Waals surface area contributed by atoms with Crippen LogP contribution in [0.4, 0.5) is 0 Å². The van der Waals surface area contributed by atoms with Crippen molar-refractivity contribution in [1.29, 1.82) is 0 Å². The van der Waals surface area contributed by atoms with Gasteiger partial charge >= 0.3 is 0 Å². The van der Waals surface area contributed by atoms with Crippen molar-refractivity contribution in [3.05, 3.63) is 29.8 Å². The Labute approximate surface area is 125 Å². The van der Waals surface area contributed by atoms with E-state index in [2.05, 4.69) is 6.07 Å². The van der Waals surface area contributed by atoms with Gasteiger partial charge in [-0.25, -0.2) is 0 Å². The van der Waals surface area contributed by atoms with Gasteiger partial charge in [-0.15, -0.1) is 11.8 Å². The Morgan fingerprint density at radius 3 is 2.90 bits per heavy atom. The molecule has 108 valence electrons. The van der Waals surface area contributed by atoms with Crippen molar-refractivity contribution in [2.45, 2.75) is 61.5 Å². The van der Waals surface area contributed by atoms with Gasteiger partial charge in [0.25, 0.3) is 0 Å². The largest absolute Gasteiger partial charge is 0.371 e. The monoisotopic (exact) mass is 290 g/mol. The third kappa shape index (κ3) is 3.26. The van der Waals surface area contributed by atoms with Crippen LogP contribution in [0.2, 0.25) is 0 Å². The number of hydrogen-bond donors (Lipinski definition) is 0. The van der Waals surface area contributed by atoms with Crippen molar-refractivity contribution in [2.24, 2.45) is 0 Å². The van der Waals surface area contributed by atoms with Gasteiger partial charge in [-0.1, -0.05) is 31.4 Å². The molecule has 0 aromatic heterocycles. The van der Waals surface area contributed by atoms with E-state index in [1.807, 2.05) is 30.0 Å². The van der Waals surface area contributed by atoms with Crippen LogP contribution in [-0.2, 0) is 4.74 Å². The van der Waals surface area contributed by atoms with Crippen LogP contribution in [0.1, 0.15) is 55.3 Å². The van der Waals surface area contributed by atoms with Crippen LogP contribution < -0.4 is 0 Å². The summed E-state index contributed by atoms with van der Waals surface area (Å²) in [6.45, 7) is 0. The molecule has 1 heterocycles. The number of ether oxygens (including phenoxy) is 1. The lowest BCUT2D eigenvalue weighted by Crippen LogP contribution is -2.32. The third-order valence-electron chi connectivity index (χ3n) is 4.53. The van der Waals surface area contributed by atoms with Gasteiger partial charge in [0.05, 0.1) is 11.7 Å². The second kappa shape index (κ2) is 6.31. The minimum absolute atomic E-state index is 0.216. The summed E-state index contributed by atoms with van der Waals surface area (Å²) in [6, 6.07) is 7.83. The highest BCUT2D eigenvalue weighted by Crippen LogP contribution is 2.42. The molecule has 2 nitrogen and oxygen atoms in total. The maximum absolute atomic E-state index is 10.8. The molecular weight excluding hydrogens is 268 g/mol. The van der Waals surface area contributed by atoms with Crippen LogP contribution in [0.25, 0.3) is 0 Å². The molecule has 1 aromatic carbocycles. The second-order valence-electron chi connectivity index (χ2n) is 6.02. The van der Waals surface area contributed by atoms with E-state index in [9.17, 15) is 4.79 Å². The predicted molar refractivity (Wildman–Crippen MR) is 82.5 cm³/mol. The topological polar surface area (TPSA) is 26.3 Å². The molecule has 0 bridgehead atoms. The number of hydrogen-bond acceptors (Lipinski definition) is 3. The lowest BCUT2D eigenvalue weighted by molar-refractivity contribution is -0.0555. The maximum Gasteiger partial charge on any atom is 0.150 e. The smallest absolute Gasteiger partial charge is 0.150 e. The summed E-state index contributed by atoms with van der Waals surface area (Å²) in [5.41, 5.74) is 0.972. The lowest BCUT2D eigenvalue weighted by atomic mass is 9.83. The molecule has 1 unspecified atom stereocenters. The first-order valence-corrected chi connectivity index (χ1v) is 8.64. The molecule has 0 amide bonds. The molecule has 1 aliphatic carbocycles. The molecular formula is C17H22O2S. The number of aldehydes is 1. The molecule has 1 aromatic rings. The van der Waals surface area contributed by atoms with Gasteiger partial charge in [-0.2, -0.15) is 0 Å². The first-order valence-electron chi connectivity index (χ1n) is 7.66. The van der Waals surface area contributed by atoms with Gasteiger partial charge in [0, 0.05) is 16.2 Å². The van der Waals surface area contributed by atoms with Gasteiger partial charge in [-0.3, -0.25) is 4.79 Å². The summed E-state index contributed by atoms with van der Waals surface area (Å²) in [5.74, 6) is 1.00. The number of rotatable bonds is 4. The van der Waals surface area contributed by atoms with Crippen molar-refractivity contribution in [3.8, 4) is 0 Å². The molecule has 1 saturated heterocycles. The Morgan fingerprint density at radius 2 is 2.10 bits per heavy atom. The summed E-state index contributed by atoms with van der Waals surface area (Å²) >= 11 is 1.81. The fourth-order valence-electron chi connectivity index (χ4n) is 3.44. The van der Waals surface area contributed by atoms with Gasteiger partial charge < -0.3 is 4.74 Å². The highest BCUT2D eigenvalue weighted by atomic mass is 32.2. The first kappa shape index (κ1) is 14.2.